The molecule has 0 aliphatic heterocycles. The lowest BCUT2D eigenvalue weighted by Gasteiger charge is -2.05. The van der Waals surface area contributed by atoms with E-state index < -0.39 is 6.09 Å². The van der Waals surface area contributed by atoms with Crippen molar-refractivity contribution in [3.8, 4) is 0 Å². The van der Waals surface area contributed by atoms with Crippen LogP contribution in [0.2, 0.25) is 0 Å². The van der Waals surface area contributed by atoms with Crippen molar-refractivity contribution < 1.29 is 14.3 Å². The minimum absolute atomic E-state index is 0.0484. The Bertz CT molecular complexity index is 232. The number of nitrogens with zero attached hydrogens (tertiary/aromatic N) is 3. The molecule has 0 spiro atoms. The van der Waals surface area contributed by atoms with E-state index in [1.165, 1.54) is 6.92 Å². The summed E-state index contributed by atoms with van der Waals surface area (Å²) in [6.45, 7) is 2.96. The Kier molecular flexibility index (Phi) is 4.48. The molecule has 0 N–H and O–H groups in total. The van der Waals surface area contributed by atoms with Gasteiger partial charge in [0.1, 0.15) is 12.4 Å². The summed E-state index contributed by atoms with van der Waals surface area (Å²) >= 11 is 0. The van der Waals surface area contributed by atoms with Gasteiger partial charge in [0.2, 0.25) is 0 Å². The van der Waals surface area contributed by atoms with Crippen LogP contribution >= 0.6 is 0 Å². The highest BCUT2D eigenvalue weighted by Crippen LogP contribution is 1.98. The molecule has 66 valence electrons. The van der Waals surface area contributed by atoms with Crippen molar-refractivity contribution in [2.24, 2.45) is 11.0 Å². The van der Waals surface area contributed by atoms with E-state index >= 15 is 0 Å². The van der Waals surface area contributed by atoms with Crippen molar-refractivity contribution in [1.82, 2.24) is 0 Å². The van der Waals surface area contributed by atoms with E-state index in [1.807, 2.05) is 0 Å². The lowest BCUT2D eigenvalue weighted by atomic mass is 10.1. The predicted octanol–water partition coefficient (Wildman–Crippen LogP) is 1.66. The highest BCUT2D eigenvalue weighted by atomic mass is 16.5. The minimum atomic E-state index is -1.01. The van der Waals surface area contributed by atoms with Gasteiger partial charge in [-0.15, -0.1) is 0 Å². The van der Waals surface area contributed by atoms with Crippen molar-refractivity contribution in [1.29, 1.82) is 0 Å². The maximum atomic E-state index is 10.6. The zero-order valence-corrected chi connectivity index (χ0v) is 6.85. The standard InChI is InChI=1S/C6H9N3O3/c1-4(5(2)10)3-12-6(11)8-9-7/h4H,3H2,1-2H3. The van der Waals surface area contributed by atoms with Crippen molar-refractivity contribution >= 4 is 11.9 Å². The summed E-state index contributed by atoms with van der Waals surface area (Å²) in [5.74, 6) is -0.438. The van der Waals surface area contributed by atoms with E-state index in [4.69, 9.17) is 5.53 Å². The van der Waals surface area contributed by atoms with Crippen LogP contribution < -0.4 is 0 Å². The second kappa shape index (κ2) is 5.15. The summed E-state index contributed by atoms with van der Waals surface area (Å²) in [6, 6.07) is 0. The maximum Gasteiger partial charge on any atom is 0.396 e. The first-order valence-electron chi connectivity index (χ1n) is 3.30. The molecule has 0 fully saturated rings. The first kappa shape index (κ1) is 10.4. The highest BCUT2D eigenvalue weighted by Gasteiger charge is 2.09. The summed E-state index contributed by atoms with van der Waals surface area (Å²) in [6.07, 6.45) is -1.01. The molecule has 0 aromatic carbocycles. The largest absolute Gasteiger partial charge is 0.460 e. The molecule has 0 bridgehead atoms. The number of carbonyl (C=O) groups is 2. The van der Waals surface area contributed by atoms with E-state index in [0.717, 1.165) is 0 Å². The molecule has 0 aromatic heterocycles. The molecule has 0 saturated carbocycles. The van der Waals surface area contributed by atoms with Gasteiger partial charge in [-0.25, -0.2) is 4.79 Å². The van der Waals surface area contributed by atoms with Gasteiger partial charge >= 0.3 is 6.09 Å². The van der Waals surface area contributed by atoms with Crippen molar-refractivity contribution in [2.75, 3.05) is 6.61 Å². The van der Waals surface area contributed by atoms with Gasteiger partial charge in [0.25, 0.3) is 0 Å². The van der Waals surface area contributed by atoms with Crippen LogP contribution in [0.25, 0.3) is 10.4 Å². The van der Waals surface area contributed by atoms with Gasteiger partial charge < -0.3 is 4.74 Å². The van der Waals surface area contributed by atoms with E-state index in [2.05, 4.69) is 14.8 Å². The first-order chi connectivity index (χ1) is 5.57. The summed E-state index contributed by atoms with van der Waals surface area (Å²) in [5, 5.41) is 2.66. The zero-order valence-electron chi connectivity index (χ0n) is 6.85. The van der Waals surface area contributed by atoms with Crippen LogP contribution in [-0.4, -0.2) is 18.5 Å². The Labute approximate surface area is 69.1 Å². The summed E-state index contributed by atoms with van der Waals surface area (Å²) in [4.78, 5) is 23.3. The molecule has 0 radical (unpaired) electrons. The third-order valence-electron chi connectivity index (χ3n) is 1.28. The fourth-order valence-electron chi connectivity index (χ4n) is 0.379. The first-order valence-corrected chi connectivity index (χ1v) is 3.30. The summed E-state index contributed by atoms with van der Waals surface area (Å²) in [5.41, 5.74) is 7.80. The molecule has 0 rings (SSSR count). The Balaban J connectivity index is 3.75. The van der Waals surface area contributed by atoms with Crippen LogP contribution in [0.15, 0.2) is 5.11 Å². The average molecular weight is 171 g/mol. The van der Waals surface area contributed by atoms with E-state index in [9.17, 15) is 9.59 Å². The molecule has 6 heteroatoms. The number of ketones is 1. The Morgan fingerprint density at radius 2 is 2.25 bits per heavy atom. The van der Waals surface area contributed by atoms with Crippen LogP contribution in [0.3, 0.4) is 0 Å². The second-order valence-electron chi connectivity index (χ2n) is 2.28. The predicted molar refractivity (Wildman–Crippen MR) is 40.3 cm³/mol. The van der Waals surface area contributed by atoms with E-state index in [1.54, 1.807) is 6.92 Å². The number of rotatable bonds is 3. The van der Waals surface area contributed by atoms with Crippen LogP contribution in [-0.2, 0) is 9.53 Å². The van der Waals surface area contributed by atoms with Gasteiger partial charge in [-0.3, -0.25) is 4.79 Å². The molecule has 1 unspecified atom stereocenters. The second-order valence-corrected chi connectivity index (χ2v) is 2.28. The molecule has 0 aliphatic carbocycles. The van der Waals surface area contributed by atoms with E-state index in [0.29, 0.717) is 0 Å². The average Bonchev–Trinajstić information content (AvgIpc) is 2.00. The number of amides is 1. The number of carbonyl (C=O) groups excluding carboxylic acids is 2. The van der Waals surface area contributed by atoms with Gasteiger partial charge in [0.05, 0.1) is 0 Å². The topological polar surface area (TPSA) is 92.1 Å². The van der Waals surface area contributed by atoms with Crippen LogP contribution in [0, 0.1) is 5.92 Å². The normalized spacial score (nSPS) is 11.2. The number of hydrogen-bond donors (Lipinski definition) is 0. The lowest BCUT2D eigenvalue weighted by molar-refractivity contribution is -0.121. The van der Waals surface area contributed by atoms with Gasteiger partial charge in [0, 0.05) is 15.9 Å². The Hall–Kier alpha value is -1.55. The SMILES string of the molecule is CC(=O)C(C)COC(=O)N=[N+]=[N-]. The molecule has 0 heterocycles. The number of azide groups is 1. The van der Waals surface area contributed by atoms with Crippen molar-refractivity contribution in [3.05, 3.63) is 10.4 Å². The van der Waals surface area contributed by atoms with Gasteiger partial charge in [-0.2, -0.15) is 0 Å². The number of hydrogen-bond acceptors (Lipinski definition) is 3. The van der Waals surface area contributed by atoms with Gasteiger partial charge in [0.15, 0.2) is 0 Å². The minimum Gasteiger partial charge on any atom is -0.460 e. The lowest BCUT2D eigenvalue weighted by Crippen LogP contribution is -2.15. The molecule has 12 heavy (non-hydrogen) atoms. The quantitative estimate of drug-likeness (QED) is 0.367. The molecule has 1 amide bonds. The fourth-order valence-corrected chi connectivity index (χ4v) is 0.379. The molecule has 1 atom stereocenters. The number of ether oxygens (including phenoxy) is 1. The van der Waals surface area contributed by atoms with Crippen LogP contribution in [0.1, 0.15) is 13.8 Å². The molecule has 0 aromatic rings. The molecular weight excluding hydrogens is 162 g/mol. The third kappa shape index (κ3) is 4.29. The summed E-state index contributed by atoms with van der Waals surface area (Å²) < 4.78 is 4.43. The Morgan fingerprint density at radius 1 is 1.67 bits per heavy atom. The number of Topliss-reactive ketones (excluding diaryl/α,β-unsaturated/α-hetero) is 1. The van der Waals surface area contributed by atoms with Gasteiger partial charge in [-0.05, 0) is 12.5 Å². The molecule has 0 aliphatic rings. The summed E-state index contributed by atoms with van der Waals surface area (Å²) in [7, 11) is 0. The zero-order chi connectivity index (χ0) is 9.56. The fraction of sp³-hybridized carbons (Fsp3) is 0.667. The molecule has 0 saturated heterocycles. The van der Waals surface area contributed by atoms with Gasteiger partial charge in [-0.1, -0.05) is 6.92 Å². The molecular formula is C6H9N3O3. The monoisotopic (exact) mass is 171 g/mol. The van der Waals surface area contributed by atoms with Crippen LogP contribution in [0.5, 0.6) is 0 Å². The maximum absolute atomic E-state index is 10.6. The van der Waals surface area contributed by atoms with Crippen LogP contribution in [0.4, 0.5) is 4.79 Å². The smallest absolute Gasteiger partial charge is 0.396 e. The third-order valence-corrected chi connectivity index (χ3v) is 1.28. The Morgan fingerprint density at radius 3 is 2.67 bits per heavy atom. The highest BCUT2D eigenvalue weighted by molar-refractivity contribution is 5.78. The molecule has 6 nitrogen and oxygen atoms in total. The van der Waals surface area contributed by atoms with Crippen molar-refractivity contribution in [2.45, 2.75) is 13.8 Å². The van der Waals surface area contributed by atoms with Crippen molar-refractivity contribution in [3.63, 3.8) is 0 Å². The van der Waals surface area contributed by atoms with E-state index in [-0.39, 0.29) is 18.3 Å².